The van der Waals surface area contributed by atoms with Gasteiger partial charge < -0.3 is 14.6 Å². The fourth-order valence-corrected chi connectivity index (χ4v) is 4.20. The van der Waals surface area contributed by atoms with Crippen LogP contribution in [0.25, 0.3) is 0 Å². The molecule has 0 bridgehead atoms. The number of ketones is 1. The fourth-order valence-electron chi connectivity index (χ4n) is 4.20. The molecule has 0 saturated heterocycles. The van der Waals surface area contributed by atoms with Crippen LogP contribution in [0, 0.1) is 23.7 Å². The van der Waals surface area contributed by atoms with Crippen molar-refractivity contribution in [2.75, 3.05) is 13.2 Å². The van der Waals surface area contributed by atoms with E-state index in [1.165, 1.54) is 6.92 Å². The van der Waals surface area contributed by atoms with Gasteiger partial charge in [0.05, 0.1) is 24.7 Å². The SMILES string of the molecule is CC(C)COC(=O)[C@@H]1C(=O)C[C@](C)(O)[C@H](C(=O)OCC(C)C)[C@@H]1c1ccc(C(C)C)cc1. The summed E-state index contributed by atoms with van der Waals surface area (Å²) in [6.45, 7) is 13.7. The monoisotopic (exact) mass is 446 g/mol. The zero-order valence-corrected chi connectivity index (χ0v) is 20.4. The zero-order chi connectivity index (χ0) is 24.2. The second-order valence-corrected chi connectivity index (χ2v) is 10.4. The normalized spacial score (nSPS) is 26.0. The van der Waals surface area contributed by atoms with Gasteiger partial charge in [-0.05, 0) is 35.8 Å². The third-order valence-corrected chi connectivity index (χ3v) is 5.88. The number of aliphatic hydroxyl groups is 1. The first-order valence-electron chi connectivity index (χ1n) is 11.5. The standard InChI is InChI=1S/C26H38O6/c1-15(2)13-31-24(28)22-20(27)12-26(7,30)23(25(29)32-14-16(3)4)21(22)19-10-8-18(9-11-19)17(5)6/h8-11,15-17,21-23,30H,12-14H2,1-7H3/t21-,22-,23+,26+/m1/s1. The highest BCUT2D eigenvalue weighted by Gasteiger charge is 2.57. The van der Waals surface area contributed by atoms with Gasteiger partial charge in [-0.1, -0.05) is 65.8 Å². The summed E-state index contributed by atoms with van der Waals surface area (Å²) < 4.78 is 10.9. The Morgan fingerprint density at radius 2 is 1.47 bits per heavy atom. The van der Waals surface area contributed by atoms with Gasteiger partial charge in [0.25, 0.3) is 0 Å². The molecule has 2 rings (SSSR count). The molecule has 1 fully saturated rings. The predicted molar refractivity (Wildman–Crippen MR) is 122 cm³/mol. The number of esters is 2. The molecule has 1 saturated carbocycles. The van der Waals surface area contributed by atoms with Crippen molar-refractivity contribution >= 4 is 17.7 Å². The van der Waals surface area contributed by atoms with E-state index in [4.69, 9.17) is 9.47 Å². The Morgan fingerprint density at radius 3 is 1.94 bits per heavy atom. The molecule has 1 aromatic carbocycles. The van der Waals surface area contributed by atoms with Crippen molar-refractivity contribution in [3.63, 3.8) is 0 Å². The van der Waals surface area contributed by atoms with Crippen molar-refractivity contribution in [2.24, 2.45) is 23.7 Å². The summed E-state index contributed by atoms with van der Waals surface area (Å²) in [6.07, 6.45) is -0.309. The third-order valence-electron chi connectivity index (χ3n) is 5.88. The highest BCUT2D eigenvalue weighted by Crippen LogP contribution is 2.47. The van der Waals surface area contributed by atoms with Gasteiger partial charge in [-0.25, -0.2) is 0 Å². The summed E-state index contributed by atoms with van der Waals surface area (Å²) >= 11 is 0. The van der Waals surface area contributed by atoms with Crippen LogP contribution in [0.3, 0.4) is 0 Å². The predicted octanol–water partition coefficient (Wildman–Crippen LogP) is 4.25. The lowest BCUT2D eigenvalue weighted by atomic mass is 9.61. The van der Waals surface area contributed by atoms with Crippen LogP contribution in [0.2, 0.25) is 0 Å². The zero-order valence-electron chi connectivity index (χ0n) is 20.4. The van der Waals surface area contributed by atoms with E-state index in [9.17, 15) is 19.5 Å². The van der Waals surface area contributed by atoms with Crippen LogP contribution in [-0.2, 0) is 23.9 Å². The average molecular weight is 447 g/mol. The van der Waals surface area contributed by atoms with Gasteiger partial charge in [-0.15, -0.1) is 0 Å². The molecular weight excluding hydrogens is 408 g/mol. The van der Waals surface area contributed by atoms with E-state index >= 15 is 0 Å². The molecule has 6 nitrogen and oxygen atoms in total. The third kappa shape index (κ3) is 6.18. The molecule has 0 heterocycles. The number of ether oxygens (including phenoxy) is 2. The maximum absolute atomic E-state index is 13.2. The maximum atomic E-state index is 13.2. The molecule has 1 N–H and O–H groups in total. The molecule has 0 amide bonds. The highest BCUT2D eigenvalue weighted by atomic mass is 16.5. The molecule has 0 aromatic heterocycles. The Labute approximate surface area is 191 Å². The van der Waals surface area contributed by atoms with Crippen molar-refractivity contribution in [1.29, 1.82) is 0 Å². The summed E-state index contributed by atoms with van der Waals surface area (Å²) in [5.41, 5.74) is 0.0997. The number of carbonyl (C=O) groups is 3. The number of hydrogen-bond donors (Lipinski definition) is 1. The van der Waals surface area contributed by atoms with E-state index in [0.29, 0.717) is 11.5 Å². The Kier molecular flexibility index (Phi) is 8.63. The fraction of sp³-hybridized carbons (Fsp3) is 0.654. The van der Waals surface area contributed by atoms with Crippen molar-refractivity contribution in [3.05, 3.63) is 35.4 Å². The van der Waals surface area contributed by atoms with Crippen molar-refractivity contribution in [3.8, 4) is 0 Å². The average Bonchev–Trinajstić information content (AvgIpc) is 2.69. The minimum Gasteiger partial charge on any atom is -0.465 e. The summed E-state index contributed by atoms with van der Waals surface area (Å²) in [6, 6.07) is 7.53. The number of carbonyl (C=O) groups excluding carboxylic acids is 3. The van der Waals surface area contributed by atoms with Gasteiger partial charge in [0.15, 0.2) is 5.78 Å². The van der Waals surface area contributed by atoms with Crippen LogP contribution in [0.4, 0.5) is 0 Å². The van der Waals surface area contributed by atoms with E-state index in [1.807, 2.05) is 52.0 Å². The summed E-state index contributed by atoms with van der Waals surface area (Å²) in [7, 11) is 0. The number of hydrogen-bond acceptors (Lipinski definition) is 6. The van der Waals surface area contributed by atoms with Crippen LogP contribution in [-0.4, -0.2) is 41.6 Å². The minimum absolute atomic E-state index is 0.108. The van der Waals surface area contributed by atoms with E-state index in [0.717, 1.165) is 5.56 Å². The molecule has 0 aliphatic heterocycles. The Bertz CT molecular complexity index is 806. The van der Waals surface area contributed by atoms with E-state index in [1.54, 1.807) is 0 Å². The van der Waals surface area contributed by atoms with Crippen LogP contribution >= 0.6 is 0 Å². The quantitative estimate of drug-likeness (QED) is 0.474. The Hall–Kier alpha value is -2.21. The van der Waals surface area contributed by atoms with Gasteiger partial charge in [0.1, 0.15) is 5.92 Å². The number of Topliss-reactive ketones (excluding diaryl/α,β-unsaturated/α-hetero) is 1. The van der Waals surface area contributed by atoms with Crippen molar-refractivity contribution in [2.45, 2.75) is 72.3 Å². The molecule has 4 atom stereocenters. The molecule has 32 heavy (non-hydrogen) atoms. The molecule has 1 aromatic rings. The van der Waals surface area contributed by atoms with E-state index < -0.39 is 41.1 Å². The van der Waals surface area contributed by atoms with Gasteiger partial charge in [-0.3, -0.25) is 14.4 Å². The second-order valence-electron chi connectivity index (χ2n) is 10.4. The van der Waals surface area contributed by atoms with Gasteiger partial charge in [0, 0.05) is 12.3 Å². The molecular formula is C26H38O6. The van der Waals surface area contributed by atoms with E-state index in [-0.39, 0.29) is 31.5 Å². The molecule has 1 aliphatic rings. The van der Waals surface area contributed by atoms with Crippen LogP contribution in [0.5, 0.6) is 0 Å². The van der Waals surface area contributed by atoms with Gasteiger partial charge in [-0.2, -0.15) is 0 Å². The maximum Gasteiger partial charge on any atom is 0.317 e. The first-order valence-corrected chi connectivity index (χ1v) is 11.5. The Morgan fingerprint density at radius 1 is 0.969 bits per heavy atom. The highest BCUT2D eigenvalue weighted by molar-refractivity contribution is 6.02. The summed E-state index contributed by atoms with van der Waals surface area (Å²) in [5.74, 6) is -4.26. The molecule has 0 radical (unpaired) electrons. The molecule has 6 heteroatoms. The first kappa shape index (κ1) is 26.0. The first-order chi connectivity index (χ1) is 14.8. The number of benzene rings is 1. The van der Waals surface area contributed by atoms with Crippen LogP contribution in [0.1, 0.15) is 77.8 Å². The van der Waals surface area contributed by atoms with Crippen LogP contribution < -0.4 is 0 Å². The largest absolute Gasteiger partial charge is 0.465 e. The number of rotatable bonds is 8. The van der Waals surface area contributed by atoms with Crippen molar-refractivity contribution in [1.82, 2.24) is 0 Å². The lowest BCUT2D eigenvalue weighted by molar-refractivity contribution is -0.173. The van der Waals surface area contributed by atoms with E-state index in [2.05, 4.69) is 13.8 Å². The summed E-state index contributed by atoms with van der Waals surface area (Å²) in [5, 5.41) is 11.2. The van der Waals surface area contributed by atoms with Crippen LogP contribution in [0.15, 0.2) is 24.3 Å². The summed E-state index contributed by atoms with van der Waals surface area (Å²) in [4.78, 5) is 39.3. The lowest BCUT2D eigenvalue weighted by Gasteiger charge is -2.43. The molecule has 0 unspecified atom stereocenters. The van der Waals surface area contributed by atoms with Crippen molar-refractivity contribution < 1.29 is 29.0 Å². The molecule has 178 valence electrons. The lowest BCUT2D eigenvalue weighted by Crippen LogP contribution is -2.55. The smallest absolute Gasteiger partial charge is 0.317 e. The molecule has 0 spiro atoms. The van der Waals surface area contributed by atoms with Gasteiger partial charge in [0.2, 0.25) is 0 Å². The molecule has 1 aliphatic carbocycles. The van der Waals surface area contributed by atoms with Gasteiger partial charge >= 0.3 is 11.9 Å². The topological polar surface area (TPSA) is 89.9 Å². The Balaban J connectivity index is 2.54. The minimum atomic E-state index is -1.64. The second kappa shape index (κ2) is 10.6.